The summed E-state index contributed by atoms with van der Waals surface area (Å²) >= 11 is 0. The highest BCUT2D eigenvalue weighted by atomic mass is 19.1. The molecule has 0 aliphatic carbocycles. The van der Waals surface area contributed by atoms with Crippen LogP contribution in [-0.2, 0) is 4.79 Å². The van der Waals surface area contributed by atoms with E-state index >= 15 is 0 Å². The van der Waals surface area contributed by atoms with Crippen LogP contribution in [0, 0.1) is 15.9 Å². The van der Waals surface area contributed by atoms with Crippen molar-refractivity contribution in [3.63, 3.8) is 0 Å². The Morgan fingerprint density at radius 3 is 3.00 bits per heavy atom. The van der Waals surface area contributed by atoms with E-state index in [1.807, 2.05) is 0 Å². The van der Waals surface area contributed by atoms with E-state index < -0.39 is 16.8 Å². The summed E-state index contributed by atoms with van der Waals surface area (Å²) in [5.74, 6) is -0.914. The molecule has 1 aliphatic rings. The maximum absolute atomic E-state index is 13.2. The van der Waals surface area contributed by atoms with Crippen molar-refractivity contribution in [3.05, 3.63) is 34.1 Å². The molecule has 1 atom stereocenters. The van der Waals surface area contributed by atoms with Crippen LogP contribution in [0.1, 0.15) is 0 Å². The number of benzene rings is 1. The predicted molar refractivity (Wildman–Crippen MR) is 71.1 cm³/mol. The zero-order valence-corrected chi connectivity index (χ0v) is 10.9. The van der Waals surface area contributed by atoms with Gasteiger partial charge in [0.05, 0.1) is 11.0 Å². The lowest BCUT2D eigenvalue weighted by Gasteiger charge is -2.36. The van der Waals surface area contributed by atoms with Gasteiger partial charge in [-0.2, -0.15) is 0 Å². The van der Waals surface area contributed by atoms with Crippen LogP contribution >= 0.6 is 0 Å². The number of anilines is 1. The number of carbonyl (C=O) groups is 1. The second-order valence-corrected chi connectivity index (χ2v) is 4.42. The van der Waals surface area contributed by atoms with Gasteiger partial charge in [-0.05, 0) is 12.1 Å². The fourth-order valence-electron chi connectivity index (χ4n) is 2.28. The van der Waals surface area contributed by atoms with Crippen LogP contribution in [0.15, 0.2) is 18.2 Å². The summed E-state index contributed by atoms with van der Waals surface area (Å²) in [5, 5.41) is 16.7. The third-order valence-electron chi connectivity index (χ3n) is 3.24. The first-order valence-corrected chi connectivity index (χ1v) is 6.17. The van der Waals surface area contributed by atoms with Gasteiger partial charge in [0.25, 0.3) is 5.69 Å². The van der Waals surface area contributed by atoms with Crippen molar-refractivity contribution in [2.45, 2.75) is 6.04 Å². The summed E-state index contributed by atoms with van der Waals surface area (Å²) in [4.78, 5) is 23.9. The average molecular weight is 282 g/mol. The molecule has 0 saturated carbocycles. The number of nitro benzene ring substituents is 1. The molecule has 108 valence electrons. The molecular weight excluding hydrogens is 267 g/mol. The topological polar surface area (TPSA) is 87.5 Å². The van der Waals surface area contributed by atoms with Gasteiger partial charge in [-0.15, -0.1) is 0 Å². The highest BCUT2D eigenvalue weighted by molar-refractivity contribution is 5.86. The molecule has 1 saturated heterocycles. The lowest BCUT2D eigenvalue weighted by atomic mass is 10.1. The molecule has 0 bridgehead atoms. The number of hydrogen-bond acceptors (Lipinski definition) is 5. The van der Waals surface area contributed by atoms with Gasteiger partial charge in [0, 0.05) is 26.7 Å². The predicted octanol–water partition coefficient (Wildman–Crippen LogP) is 0.258. The molecule has 0 aromatic heterocycles. The third-order valence-corrected chi connectivity index (χ3v) is 3.24. The summed E-state index contributed by atoms with van der Waals surface area (Å²) in [5.41, 5.74) is -0.0766. The molecule has 1 amide bonds. The standard InChI is InChI=1S/C12H15FN4O3/c1-14-12(18)11-7-15-4-5-16(11)9-3-2-8(13)6-10(9)17(19)20/h2-3,6,11,15H,4-5,7H2,1H3,(H,14,18). The number of amides is 1. The van der Waals surface area contributed by atoms with Gasteiger partial charge in [-0.1, -0.05) is 0 Å². The van der Waals surface area contributed by atoms with E-state index in [0.29, 0.717) is 19.6 Å². The molecule has 7 nitrogen and oxygen atoms in total. The smallest absolute Gasteiger partial charge is 0.295 e. The number of likely N-dealkylation sites (N-methyl/N-ethyl adjacent to an activating group) is 1. The van der Waals surface area contributed by atoms with Gasteiger partial charge in [0.2, 0.25) is 5.91 Å². The lowest BCUT2D eigenvalue weighted by molar-refractivity contribution is -0.384. The summed E-state index contributed by atoms with van der Waals surface area (Å²) in [6.45, 7) is 1.42. The number of nitro groups is 1. The molecule has 0 spiro atoms. The Morgan fingerprint density at radius 2 is 2.35 bits per heavy atom. The van der Waals surface area contributed by atoms with Crippen LogP contribution < -0.4 is 15.5 Å². The SMILES string of the molecule is CNC(=O)C1CNCCN1c1ccc(F)cc1[N+](=O)[O-]. The molecule has 1 aliphatic heterocycles. The highest BCUT2D eigenvalue weighted by Gasteiger charge is 2.32. The highest BCUT2D eigenvalue weighted by Crippen LogP contribution is 2.30. The van der Waals surface area contributed by atoms with Crippen LogP contribution in [0.4, 0.5) is 15.8 Å². The first-order valence-electron chi connectivity index (χ1n) is 6.17. The number of hydrogen-bond donors (Lipinski definition) is 2. The summed E-state index contributed by atoms with van der Waals surface area (Å²) < 4.78 is 13.2. The fraction of sp³-hybridized carbons (Fsp3) is 0.417. The van der Waals surface area contributed by atoms with Gasteiger partial charge in [0.1, 0.15) is 17.5 Å². The van der Waals surface area contributed by atoms with Crippen LogP contribution in [-0.4, -0.2) is 43.6 Å². The fourth-order valence-corrected chi connectivity index (χ4v) is 2.28. The largest absolute Gasteiger partial charge is 0.357 e. The average Bonchev–Trinajstić information content (AvgIpc) is 2.46. The van der Waals surface area contributed by atoms with Crippen molar-refractivity contribution >= 4 is 17.3 Å². The Kier molecular flexibility index (Phi) is 4.14. The van der Waals surface area contributed by atoms with Gasteiger partial charge in [0.15, 0.2) is 0 Å². The van der Waals surface area contributed by atoms with Crippen molar-refractivity contribution in [2.24, 2.45) is 0 Å². The van der Waals surface area contributed by atoms with E-state index in [4.69, 9.17) is 0 Å². The molecule has 2 N–H and O–H groups in total. The maximum Gasteiger partial charge on any atom is 0.295 e. The molecule has 0 radical (unpaired) electrons. The van der Waals surface area contributed by atoms with Gasteiger partial charge >= 0.3 is 0 Å². The minimum atomic E-state index is -0.674. The Morgan fingerprint density at radius 1 is 1.60 bits per heavy atom. The van der Waals surface area contributed by atoms with E-state index in [-0.39, 0.29) is 17.3 Å². The molecule has 1 fully saturated rings. The van der Waals surface area contributed by atoms with Crippen LogP contribution in [0.2, 0.25) is 0 Å². The summed E-state index contributed by atoms with van der Waals surface area (Å²) in [6, 6.07) is 2.82. The number of piperazine rings is 1. The first kappa shape index (κ1) is 14.2. The van der Waals surface area contributed by atoms with Crippen LogP contribution in [0.3, 0.4) is 0 Å². The normalized spacial score (nSPS) is 18.7. The first-order chi connectivity index (χ1) is 9.54. The van der Waals surface area contributed by atoms with E-state index in [1.54, 1.807) is 4.90 Å². The van der Waals surface area contributed by atoms with Crippen molar-refractivity contribution < 1.29 is 14.1 Å². The molecule has 2 rings (SSSR count). The number of carbonyl (C=O) groups excluding carboxylic acids is 1. The summed E-state index contributed by atoms with van der Waals surface area (Å²) in [6.07, 6.45) is 0. The number of halogens is 1. The monoisotopic (exact) mass is 282 g/mol. The van der Waals surface area contributed by atoms with Gasteiger partial charge in [-0.25, -0.2) is 4.39 Å². The molecule has 20 heavy (non-hydrogen) atoms. The molecular formula is C12H15FN4O3. The van der Waals surface area contributed by atoms with Gasteiger partial charge in [-0.3, -0.25) is 14.9 Å². The number of nitrogens with one attached hydrogen (secondary N) is 2. The molecule has 1 heterocycles. The molecule has 1 aromatic carbocycles. The maximum atomic E-state index is 13.2. The van der Waals surface area contributed by atoms with Crippen molar-refractivity contribution in [1.29, 1.82) is 0 Å². The minimum absolute atomic E-state index is 0.240. The number of nitrogens with zero attached hydrogens (tertiary/aromatic N) is 2. The Bertz CT molecular complexity index is 537. The van der Waals surface area contributed by atoms with E-state index in [0.717, 1.165) is 12.1 Å². The molecule has 8 heteroatoms. The van der Waals surface area contributed by atoms with Gasteiger partial charge < -0.3 is 15.5 Å². The van der Waals surface area contributed by atoms with E-state index in [1.165, 1.54) is 13.1 Å². The Labute approximate surface area is 114 Å². The van der Waals surface area contributed by atoms with Crippen LogP contribution in [0.25, 0.3) is 0 Å². The second kappa shape index (κ2) is 5.83. The number of rotatable bonds is 3. The molecule has 1 aromatic rings. The Balaban J connectivity index is 2.42. The van der Waals surface area contributed by atoms with E-state index in [9.17, 15) is 19.3 Å². The van der Waals surface area contributed by atoms with Crippen LogP contribution in [0.5, 0.6) is 0 Å². The summed E-state index contributed by atoms with van der Waals surface area (Å²) in [7, 11) is 1.51. The Hall–Kier alpha value is -2.22. The quantitative estimate of drug-likeness (QED) is 0.613. The minimum Gasteiger partial charge on any atom is -0.357 e. The van der Waals surface area contributed by atoms with E-state index in [2.05, 4.69) is 10.6 Å². The van der Waals surface area contributed by atoms with Crippen molar-refractivity contribution in [2.75, 3.05) is 31.6 Å². The lowest BCUT2D eigenvalue weighted by Crippen LogP contribution is -2.57. The van der Waals surface area contributed by atoms with Crippen molar-refractivity contribution in [1.82, 2.24) is 10.6 Å². The zero-order chi connectivity index (χ0) is 14.7. The van der Waals surface area contributed by atoms with Crippen molar-refractivity contribution in [3.8, 4) is 0 Å². The zero-order valence-electron chi connectivity index (χ0n) is 10.9. The third kappa shape index (κ3) is 2.69. The second-order valence-electron chi connectivity index (χ2n) is 4.42. The molecule has 1 unspecified atom stereocenters.